The molecule has 7 heteroatoms. The van der Waals surface area contributed by atoms with Gasteiger partial charge in [0.1, 0.15) is 11.4 Å². The first-order chi connectivity index (χ1) is 8.77. The summed E-state index contributed by atoms with van der Waals surface area (Å²) < 4.78 is 0. The molecule has 0 aliphatic heterocycles. The number of halogens is 1. The van der Waals surface area contributed by atoms with Crippen LogP contribution < -0.4 is 11.5 Å². The van der Waals surface area contributed by atoms with E-state index in [1.807, 2.05) is 30.3 Å². The van der Waals surface area contributed by atoms with Gasteiger partial charge in [0, 0.05) is 18.0 Å². The molecule has 1 heterocycles. The molecule has 4 N–H and O–H groups in total. The normalized spacial score (nSPS) is 10.4. The number of guanidine groups is 1. The van der Waals surface area contributed by atoms with E-state index >= 15 is 0 Å². The predicted octanol–water partition coefficient (Wildman–Crippen LogP) is 0.924. The minimum atomic E-state index is -0.104. The Labute approximate surface area is 116 Å². The molecular weight excluding hydrogens is 264 g/mol. The number of aromatic nitrogens is 2. The largest absolute Gasteiger partial charge is 0.369 e. The zero-order valence-corrected chi connectivity index (χ0v) is 10.8. The summed E-state index contributed by atoms with van der Waals surface area (Å²) in [5.41, 5.74) is 12.6. The van der Waals surface area contributed by atoms with Gasteiger partial charge in [0.2, 0.25) is 5.96 Å². The molecule has 0 saturated carbocycles. The molecular formula is C12H13ClN6. The van der Waals surface area contributed by atoms with Crippen molar-refractivity contribution in [1.82, 2.24) is 9.97 Å². The van der Waals surface area contributed by atoms with Crippen molar-refractivity contribution in [2.24, 2.45) is 21.7 Å². The third-order valence-corrected chi connectivity index (χ3v) is 2.12. The fourth-order valence-electron chi connectivity index (χ4n) is 1.38. The van der Waals surface area contributed by atoms with E-state index in [4.69, 9.17) is 11.5 Å². The van der Waals surface area contributed by atoms with Crippen LogP contribution in [0.3, 0.4) is 0 Å². The van der Waals surface area contributed by atoms with Gasteiger partial charge < -0.3 is 11.5 Å². The van der Waals surface area contributed by atoms with Crippen LogP contribution in [0.5, 0.6) is 0 Å². The second-order valence-electron chi connectivity index (χ2n) is 3.43. The fourth-order valence-corrected chi connectivity index (χ4v) is 1.38. The van der Waals surface area contributed by atoms with E-state index < -0.39 is 0 Å². The van der Waals surface area contributed by atoms with Crippen LogP contribution in [0, 0.1) is 0 Å². The van der Waals surface area contributed by atoms with Gasteiger partial charge in [0.25, 0.3) is 0 Å². The number of benzene rings is 1. The van der Waals surface area contributed by atoms with E-state index in [2.05, 4.69) is 20.2 Å². The fraction of sp³-hybridized carbons (Fsp3) is 0. The highest BCUT2D eigenvalue weighted by Gasteiger charge is 2.08. The lowest BCUT2D eigenvalue weighted by atomic mass is 10.1. The molecule has 0 atom stereocenters. The number of hydrogen-bond donors (Lipinski definition) is 2. The zero-order chi connectivity index (χ0) is 12.8. The Balaban J connectivity index is 0.00000180. The summed E-state index contributed by atoms with van der Waals surface area (Å²) in [4.78, 5) is 8.19. The molecule has 1 aromatic heterocycles. The van der Waals surface area contributed by atoms with Crippen LogP contribution in [0.2, 0.25) is 0 Å². The molecule has 0 amide bonds. The van der Waals surface area contributed by atoms with Crippen molar-refractivity contribution >= 4 is 24.1 Å². The molecule has 0 aliphatic rings. The zero-order valence-electron chi connectivity index (χ0n) is 9.97. The second kappa shape index (κ2) is 7.07. The highest BCUT2D eigenvalue weighted by Crippen LogP contribution is 2.08. The minimum absolute atomic E-state index is 0. The number of hydrogen-bond acceptors (Lipinski definition) is 4. The average molecular weight is 277 g/mol. The van der Waals surface area contributed by atoms with E-state index in [9.17, 15) is 0 Å². The summed E-state index contributed by atoms with van der Waals surface area (Å²) in [6.45, 7) is 0. The first-order valence-corrected chi connectivity index (χ1v) is 5.26. The van der Waals surface area contributed by atoms with Gasteiger partial charge in [-0.25, -0.2) is 0 Å². The lowest BCUT2D eigenvalue weighted by molar-refractivity contribution is 1.15. The van der Waals surface area contributed by atoms with Crippen molar-refractivity contribution in [2.45, 2.75) is 0 Å². The SMILES string of the molecule is Cl.NC(N)=N/N=C(/c1ccccc1)c1cnccn1. The quantitative estimate of drug-likeness (QED) is 0.494. The smallest absolute Gasteiger partial charge is 0.211 e. The molecule has 0 radical (unpaired) electrons. The van der Waals surface area contributed by atoms with Crippen LogP contribution in [0.4, 0.5) is 0 Å². The van der Waals surface area contributed by atoms with Crippen molar-refractivity contribution in [3.05, 3.63) is 60.2 Å². The van der Waals surface area contributed by atoms with Gasteiger partial charge >= 0.3 is 0 Å². The maximum absolute atomic E-state index is 5.28. The molecule has 0 bridgehead atoms. The summed E-state index contributed by atoms with van der Waals surface area (Å²) >= 11 is 0. The van der Waals surface area contributed by atoms with Crippen molar-refractivity contribution in [3.8, 4) is 0 Å². The maximum atomic E-state index is 5.28. The summed E-state index contributed by atoms with van der Waals surface area (Å²) in [5.74, 6) is -0.104. The lowest BCUT2D eigenvalue weighted by Crippen LogP contribution is -2.22. The predicted molar refractivity (Wildman–Crippen MR) is 77.2 cm³/mol. The van der Waals surface area contributed by atoms with E-state index in [0.29, 0.717) is 11.4 Å². The molecule has 98 valence electrons. The van der Waals surface area contributed by atoms with Crippen LogP contribution in [-0.2, 0) is 0 Å². The Bertz CT molecular complexity index is 522. The minimum Gasteiger partial charge on any atom is -0.369 e. The van der Waals surface area contributed by atoms with Crippen LogP contribution in [0.25, 0.3) is 0 Å². The van der Waals surface area contributed by atoms with Crippen LogP contribution >= 0.6 is 12.4 Å². The highest BCUT2D eigenvalue weighted by atomic mass is 35.5. The molecule has 0 spiro atoms. The first-order valence-electron chi connectivity index (χ1n) is 5.26. The molecule has 19 heavy (non-hydrogen) atoms. The number of nitrogens with zero attached hydrogens (tertiary/aromatic N) is 4. The molecule has 2 aromatic rings. The Morgan fingerprint density at radius 3 is 2.32 bits per heavy atom. The van der Waals surface area contributed by atoms with Crippen LogP contribution in [0.15, 0.2) is 59.1 Å². The molecule has 0 unspecified atom stereocenters. The summed E-state index contributed by atoms with van der Waals surface area (Å²) in [6.07, 6.45) is 4.78. The van der Waals surface area contributed by atoms with Gasteiger partial charge in [-0.3, -0.25) is 9.97 Å². The van der Waals surface area contributed by atoms with E-state index in [-0.39, 0.29) is 18.4 Å². The van der Waals surface area contributed by atoms with Gasteiger partial charge in [-0.05, 0) is 0 Å². The maximum Gasteiger partial charge on any atom is 0.211 e. The highest BCUT2D eigenvalue weighted by molar-refractivity contribution is 6.11. The first kappa shape index (κ1) is 14.6. The lowest BCUT2D eigenvalue weighted by Gasteiger charge is -2.03. The second-order valence-corrected chi connectivity index (χ2v) is 3.43. The van der Waals surface area contributed by atoms with Gasteiger partial charge in [-0.2, -0.15) is 0 Å². The molecule has 2 rings (SSSR count). The van der Waals surface area contributed by atoms with Crippen molar-refractivity contribution in [3.63, 3.8) is 0 Å². The molecule has 0 fully saturated rings. The Morgan fingerprint density at radius 2 is 1.74 bits per heavy atom. The van der Waals surface area contributed by atoms with Gasteiger partial charge in [-0.1, -0.05) is 30.3 Å². The van der Waals surface area contributed by atoms with E-state index in [1.165, 1.54) is 0 Å². The summed E-state index contributed by atoms with van der Waals surface area (Å²) in [6, 6.07) is 9.51. The standard InChI is InChI=1S/C12H12N6.ClH/c13-12(14)18-17-11(9-4-2-1-3-5-9)10-8-15-6-7-16-10;/h1-8H,(H4,13,14,18);1H/b17-11-;. The Kier molecular flexibility index (Phi) is 5.43. The van der Waals surface area contributed by atoms with E-state index in [0.717, 1.165) is 5.56 Å². The topological polar surface area (TPSA) is 103 Å². The average Bonchev–Trinajstić information content (AvgIpc) is 2.41. The van der Waals surface area contributed by atoms with Crippen molar-refractivity contribution in [2.75, 3.05) is 0 Å². The molecule has 0 aliphatic carbocycles. The summed E-state index contributed by atoms with van der Waals surface area (Å²) in [5, 5.41) is 7.69. The summed E-state index contributed by atoms with van der Waals surface area (Å²) in [7, 11) is 0. The van der Waals surface area contributed by atoms with E-state index in [1.54, 1.807) is 18.6 Å². The van der Waals surface area contributed by atoms with Gasteiger partial charge in [0.15, 0.2) is 0 Å². The monoisotopic (exact) mass is 276 g/mol. The van der Waals surface area contributed by atoms with Crippen LogP contribution in [0.1, 0.15) is 11.3 Å². The van der Waals surface area contributed by atoms with Crippen LogP contribution in [-0.4, -0.2) is 21.6 Å². The third-order valence-electron chi connectivity index (χ3n) is 2.12. The number of rotatable bonds is 3. The Hall–Kier alpha value is -2.47. The van der Waals surface area contributed by atoms with Crippen molar-refractivity contribution in [1.29, 1.82) is 0 Å². The van der Waals surface area contributed by atoms with Gasteiger partial charge in [-0.15, -0.1) is 22.6 Å². The Morgan fingerprint density at radius 1 is 1.00 bits per heavy atom. The van der Waals surface area contributed by atoms with Crippen molar-refractivity contribution < 1.29 is 0 Å². The third kappa shape index (κ3) is 4.04. The molecule has 1 aromatic carbocycles. The molecule has 0 saturated heterocycles. The van der Waals surface area contributed by atoms with Gasteiger partial charge in [0.05, 0.1) is 6.20 Å². The number of nitrogens with two attached hydrogens (primary N) is 2. The molecule has 6 nitrogen and oxygen atoms in total.